The van der Waals surface area contributed by atoms with Crippen LogP contribution in [0.2, 0.25) is 0 Å². The van der Waals surface area contributed by atoms with Gasteiger partial charge in [-0.2, -0.15) is 0 Å². The number of benzene rings is 2. The first-order valence-corrected chi connectivity index (χ1v) is 9.52. The minimum Gasteiger partial charge on any atom is -0.351 e. The summed E-state index contributed by atoms with van der Waals surface area (Å²) in [7, 11) is -0.0232. The summed E-state index contributed by atoms with van der Waals surface area (Å²) in [5.41, 5.74) is 4.65. The highest BCUT2D eigenvalue weighted by Crippen LogP contribution is 2.30. The molecule has 0 spiro atoms. The van der Waals surface area contributed by atoms with Crippen molar-refractivity contribution >= 4 is 15.7 Å². The number of sulfonamides is 1. The Bertz CT molecular complexity index is 1000. The summed E-state index contributed by atoms with van der Waals surface area (Å²) in [6.07, 6.45) is 1.97. The van der Waals surface area contributed by atoms with Gasteiger partial charge in [0.2, 0.25) is 0 Å². The van der Waals surface area contributed by atoms with Gasteiger partial charge < -0.3 is 4.57 Å². The van der Waals surface area contributed by atoms with E-state index in [1.807, 2.05) is 74.1 Å². The van der Waals surface area contributed by atoms with E-state index in [0.717, 1.165) is 22.4 Å². The van der Waals surface area contributed by atoms with E-state index in [1.54, 1.807) is 19.2 Å². The van der Waals surface area contributed by atoms with E-state index in [1.165, 1.54) is 4.31 Å². The van der Waals surface area contributed by atoms with Gasteiger partial charge in [-0.3, -0.25) is 4.31 Å². The van der Waals surface area contributed by atoms with E-state index >= 15 is 0 Å². The van der Waals surface area contributed by atoms with Crippen molar-refractivity contribution in [1.29, 1.82) is 0 Å². The second-order valence-electron chi connectivity index (χ2n) is 6.29. The third-order valence-electron chi connectivity index (χ3n) is 4.47. The second-order valence-corrected chi connectivity index (χ2v) is 8.26. The van der Waals surface area contributed by atoms with Crippen LogP contribution in [0, 0.1) is 13.8 Å². The average molecular weight is 354 g/mol. The molecule has 0 saturated carbocycles. The molecule has 0 amide bonds. The van der Waals surface area contributed by atoms with Crippen LogP contribution in [-0.2, 0) is 17.1 Å². The molecule has 0 bridgehead atoms. The Morgan fingerprint density at radius 3 is 2.24 bits per heavy atom. The molecule has 0 fully saturated rings. The highest BCUT2D eigenvalue weighted by atomic mass is 32.2. The Hall–Kier alpha value is -2.53. The molecule has 0 aliphatic heterocycles. The summed E-state index contributed by atoms with van der Waals surface area (Å²) in [4.78, 5) is 0.296. The molecule has 3 rings (SSSR count). The van der Waals surface area contributed by atoms with Crippen molar-refractivity contribution in [3.05, 3.63) is 71.9 Å². The molecule has 4 nitrogen and oxygen atoms in total. The average Bonchev–Trinajstić information content (AvgIpc) is 3.01. The van der Waals surface area contributed by atoms with Crippen LogP contribution < -0.4 is 4.31 Å². The molecule has 25 heavy (non-hydrogen) atoms. The Labute approximate surface area is 149 Å². The summed E-state index contributed by atoms with van der Waals surface area (Å²) in [5, 5.41) is 0. The molecule has 0 atom stereocenters. The van der Waals surface area contributed by atoms with Gasteiger partial charge in [0.05, 0.1) is 10.6 Å². The van der Waals surface area contributed by atoms with Crippen LogP contribution in [0.15, 0.2) is 65.7 Å². The smallest absolute Gasteiger partial charge is 0.264 e. The van der Waals surface area contributed by atoms with Gasteiger partial charge in [-0.15, -0.1) is 0 Å². The molecule has 0 N–H and O–H groups in total. The molecule has 1 aromatic heterocycles. The molecular weight excluding hydrogens is 332 g/mol. The van der Waals surface area contributed by atoms with Gasteiger partial charge in [0.15, 0.2) is 0 Å². The maximum Gasteiger partial charge on any atom is 0.264 e. The maximum atomic E-state index is 13.0. The van der Waals surface area contributed by atoms with Gasteiger partial charge in [0.25, 0.3) is 10.0 Å². The van der Waals surface area contributed by atoms with E-state index in [-0.39, 0.29) is 0 Å². The van der Waals surface area contributed by atoms with Gasteiger partial charge in [-0.1, -0.05) is 29.8 Å². The predicted molar refractivity (Wildman–Crippen MR) is 102 cm³/mol. The second kappa shape index (κ2) is 6.41. The fourth-order valence-electron chi connectivity index (χ4n) is 2.87. The Balaban J connectivity index is 2.06. The number of aryl methyl sites for hydroxylation is 3. The molecule has 3 aromatic rings. The summed E-state index contributed by atoms with van der Waals surface area (Å²) in [5.74, 6) is 0. The third-order valence-corrected chi connectivity index (χ3v) is 6.25. The van der Waals surface area contributed by atoms with Crippen molar-refractivity contribution in [2.24, 2.45) is 7.05 Å². The number of nitrogens with zero attached hydrogens (tertiary/aromatic N) is 2. The Kier molecular flexibility index (Phi) is 4.43. The fourth-order valence-corrected chi connectivity index (χ4v) is 4.12. The first-order chi connectivity index (χ1) is 11.8. The van der Waals surface area contributed by atoms with E-state index in [0.29, 0.717) is 10.6 Å². The van der Waals surface area contributed by atoms with Gasteiger partial charge in [0, 0.05) is 31.5 Å². The molecule has 0 radical (unpaired) electrons. The number of rotatable bonds is 4. The molecule has 0 unspecified atom stereocenters. The topological polar surface area (TPSA) is 42.3 Å². The van der Waals surface area contributed by atoms with Gasteiger partial charge >= 0.3 is 0 Å². The lowest BCUT2D eigenvalue weighted by molar-refractivity contribution is 0.594. The largest absolute Gasteiger partial charge is 0.351 e. The van der Waals surface area contributed by atoms with Gasteiger partial charge in [0.1, 0.15) is 0 Å². The lowest BCUT2D eigenvalue weighted by atomic mass is 10.1. The number of hydrogen-bond acceptors (Lipinski definition) is 2. The van der Waals surface area contributed by atoms with Crippen LogP contribution in [0.4, 0.5) is 5.69 Å². The summed E-state index contributed by atoms with van der Waals surface area (Å²) in [6, 6.07) is 16.8. The normalized spacial score (nSPS) is 11.5. The molecule has 2 aromatic carbocycles. The van der Waals surface area contributed by atoms with Crippen LogP contribution in [0.1, 0.15) is 11.1 Å². The monoisotopic (exact) mass is 354 g/mol. The molecule has 1 heterocycles. The number of anilines is 1. The van der Waals surface area contributed by atoms with Crippen LogP contribution >= 0.6 is 0 Å². The van der Waals surface area contributed by atoms with Crippen molar-refractivity contribution in [3.63, 3.8) is 0 Å². The van der Waals surface area contributed by atoms with Crippen molar-refractivity contribution in [2.75, 3.05) is 11.4 Å². The fraction of sp³-hybridized carbons (Fsp3) is 0.200. The van der Waals surface area contributed by atoms with E-state index < -0.39 is 10.0 Å². The van der Waals surface area contributed by atoms with Crippen LogP contribution in [0.3, 0.4) is 0 Å². The van der Waals surface area contributed by atoms with Crippen molar-refractivity contribution in [1.82, 2.24) is 4.57 Å². The first kappa shape index (κ1) is 17.3. The highest BCUT2D eigenvalue weighted by Gasteiger charge is 2.23. The zero-order valence-electron chi connectivity index (χ0n) is 14.9. The minimum absolute atomic E-state index is 0.296. The molecule has 5 heteroatoms. The highest BCUT2D eigenvalue weighted by molar-refractivity contribution is 7.92. The minimum atomic E-state index is -3.60. The standard InChI is InChI=1S/C20H22N2O2S/c1-15-7-11-18(12-8-15)25(23,24)22(4)20-14-17(10-9-16(20)2)19-6-5-13-21(19)3/h5-14H,1-4H3. The van der Waals surface area contributed by atoms with Gasteiger partial charge in [-0.05, 0) is 49.7 Å². The summed E-state index contributed by atoms with van der Waals surface area (Å²) >= 11 is 0. The lowest BCUT2D eigenvalue weighted by Crippen LogP contribution is -2.27. The predicted octanol–water partition coefficient (Wildman–Crippen LogP) is 4.13. The molecular formula is C20H22N2O2S. The van der Waals surface area contributed by atoms with Crippen molar-refractivity contribution in [2.45, 2.75) is 18.7 Å². The van der Waals surface area contributed by atoms with E-state index in [4.69, 9.17) is 0 Å². The van der Waals surface area contributed by atoms with Gasteiger partial charge in [-0.25, -0.2) is 8.42 Å². The quantitative estimate of drug-likeness (QED) is 0.707. The van der Waals surface area contributed by atoms with E-state index in [2.05, 4.69) is 0 Å². The third kappa shape index (κ3) is 3.20. The Morgan fingerprint density at radius 2 is 1.64 bits per heavy atom. The zero-order chi connectivity index (χ0) is 18.2. The molecule has 130 valence electrons. The van der Waals surface area contributed by atoms with Crippen LogP contribution in [-0.4, -0.2) is 20.0 Å². The molecule has 0 aliphatic rings. The Morgan fingerprint density at radius 1 is 0.960 bits per heavy atom. The van der Waals surface area contributed by atoms with Crippen molar-refractivity contribution < 1.29 is 8.42 Å². The van der Waals surface area contributed by atoms with Crippen LogP contribution in [0.5, 0.6) is 0 Å². The number of aromatic nitrogens is 1. The first-order valence-electron chi connectivity index (χ1n) is 8.08. The molecule has 0 aliphatic carbocycles. The van der Waals surface area contributed by atoms with Crippen molar-refractivity contribution in [3.8, 4) is 11.3 Å². The lowest BCUT2D eigenvalue weighted by Gasteiger charge is -2.22. The maximum absolute atomic E-state index is 13.0. The van der Waals surface area contributed by atoms with Crippen LogP contribution in [0.25, 0.3) is 11.3 Å². The van der Waals surface area contributed by atoms with E-state index in [9.17, 15) is 8.42 Å². The summed E-state index contributed by atoms with van der Waals surface area (Å²) < 4.78 is 29.3. The summed E-state index contributed by atoms with van der Waals surface area (Å²) in [6.45, 7) is 3.86. The molecule has 0 saturated heterocycles. The zero-order valence-corrected chi connectivity index (χ0v) is 15.7. The number of hydrogen-bond donors (Lipinski definition) is 0. The SMILES string of the molecule is Cc1ccc(S(=O)(=O)N(C)c2cc(-c3cccn3C)ccc2C)cc1.